The minimum Gasteiger partial charge on any atom is -0.322 e. The first kappa shape index (κ1) is 16.8. The van der Waals surface area contributed by atoms with Crippen LogP contribution in [0, 0.1) is 27.2 Å². The number of carbonyl (C=O) groups is 1. The van der Waals surface area contributed by atoms with Crippen molar-refractivity contribution in [3.05, 3.63) is 79.9 Å². The maximum Gasteiger partial charge on any atom is 0.276 e. The number of amides is 1. The molecule has 2 aromatic carbocycles. The van der Waals surface area contributed by atoms with Crippen LogP contribution in [0.4, 0.5) is 17.1 Å². The number of carbonyl (C=O) groups excluding carboxylic acids is 1. The maximum absolute atomic E-state index is 11.9. The highest BCUT2D eigenvalue weighted by molar-refractivity contribution is 6.02. The Bertz CT molecular complexity index is 845. The monoisotopic (exact) mass is 327 g/mol. The third-order valence-electron chi connectivity index (χ3n) is 3.23. The molecule has 0 bridgehead atoms. The minimum absolute atomic E-state index is 0.0686. The highest BCUT2D eigenvalue weighted by atomic mass is 16.6. The van der Waals surface area contributed by atoms with Crippen LogP contribution < -0.4 is 5.32 Å². The molecule has 1 N–H and O–H groups in total. The molecule has 2 rings (SSSR count). The first-order valence-electron chi connectivity index (χ1n) is 6.86. The zero-order chi connectivity index (χ0) is 17.7. The first-order chi connectivity index (χ1) is 11.4. The lowest BCUT2D eigenvalue weighted by Gasteiger charge is -2.05. The van der Waals surface area contributed by atoms with Gasteiger partial charge in [-0.15, -0.1) is 0 Å². The van der Waals surface area contributed by atoms with E-state index in [9.17, 15) is 25.0 Å². The zero-order valence-corrected chi connectivity index (χ0v) is 12.6. The van der Waals surface area contributed by atoms with Crippen LogP contribution in [0.25, 0.3) is 6.08 Å². The average molecular weight is 327 g/mol. The highest BCUT2D eigenvalue weighted by Gasteiger charge is 2.11. The number of para-hydroxylation sites is 1. The number of anilines is 1. The standard InChI is InChI=1S/C16H13N3O5/c1-11-10-13(18(21)22)7-8-14(11)17-16(20)9-6-12-4-2-3-5-15(12)19(23)24/h2-10H,1H3,(H,17,20)/b9-6+. The third-order valence-corrected chi connectivity index (χ3v) is 3.23. The van der Waals surface area contributed by atoms with E-state index in [-0.39, 0.29) is 11.4 Å². The molecule has 0 aromatic heterocycles. The molecule has 1 amide bonds. The average Bonchev–Trinajstić information content (AvgIpc) is 2.54. The van der Waals surface area contributed by atoms with Crippen LogP contribution in [-0.4, -0.2) is 15.8 Å². The number of non-ortho nitro benzene ring substituents is 1. The van der Waals surface area contributed by atoms with Crippen molar-refractivity contribution in [3.8, 4) is 0 Å². The largest absolute Gasteiger partial charge is 0.322 e. The summed E-state index contributed by atoms with van der Waals surface area (Å²) in [6.45, 7) is 1.63. The predicted octanol–water partition coefficient (Wildman–Crippen LogP) is 3.46. The Morgan fingerprint density at radius 2 is 1.79 bits per heavy atom. The van der Waals surface area contributed by atoms with Crippen LogP contribution in [0.5, 0.6) is 0 Å². The van der Waals surface area contributed by atoms with Crippen molar-refractivity contribution in [3.63, 3.8) is 0 Å². The Hall–Kier alpha value is -3.55. The molecule has 122 valence electrons. The van der Waals surface area contributed by atoms with Crippen LogP contribution in [0.3, 0.4) is 0 Å². The molecule has 0 heterocycles. The number of hydrogen-bond donors (Lipinski definition) is 1. The van der Waals surface area contributed by atoms with Crippen LogP contribution in [0.1, 0.15) is 11.1 Å². The van der Waals surface area contributed by atoms with E-state index in [2.05, 4.69) is 5.32 Å². The molecule has 0 atom stereocenters. The van der Waals surface area contributed by atoms with Gasteiger partial charge < -0.3 is 5.32 Å². The zero-order valence-electron chi connectivity index (χ0n) is 12.6. The van der Waals surface area contributed by atoms with Crippen LogP contribution in [0.15, 0.2) is 48.5 Å². The summed E-state index contributed by atoms with van der Waals surface area (Å²) < 4.78 is 0. The molecular weight excluding hydrogens is 314 g/mol. The fourth-order valence-electron chi connectivity index (χ4n) is 2.04. The molecule has 0 radical (unpaired) electrons. The molecule has 2 aromatic rings. The Balaban J connectivity index is 2.14. The molecule has 0 saturated carbocycles. The Morgan fingerprint density at radius 3 is 2.42 bits per heavy atom. The lowest BCUT2D eigenvalue weighted by atomic mass is 10.1. The summed E-state index contributed by atoms with van der Waals surface area (Å²) >= 11 is 0. The van der Waals surface area contributed by atoms with Crippen LogP contribution in [-0.2, 0) is 4.79 Å². The van der Waals surface area contributed by atoms with Crippen LogP contribution in [0.2, 0.25) is 0 Å². The van der Waals surface area contributed by atoms with Crippen molar-refractivity contribution in [1.29, 1.82) is 0 Å². The molecule has 8 nitrogen and oxygen atoms in total. The highest BCUT2D eigenvalue weighted by Crippen LogP contribution is 2.22. The summed E-state index contributed by atoms with van der Waals surface area (Å²) in [7, 11) is 0. The van der Waals surface area contributed by atoms with E-state index in [4.69, 9.17) is 0 Å². The summed E-state index contributed by atoms with van der Waals surface area (Å²) in [6.07, 6.45) is 2.51. The molecule has 8 heteroatoms. The van der Waals surface area contributed by atoms with Gasteiger partial charge in [-0.2, -0.15) is 0 Å². The van der Waals surface area contributed by atoms with E-state index in [0.717, 1.165) is 0 Å². The fourth-order valence-corrected chi connectivity index (χ4v) is 2.04. The summed E-state index contributed by atoms with van der Waals surface area (Å²) in [5.74, 6) is -0.495. The number of nitro benzene ring substituents is 2. The van der Waals surface area contributed by atoms with Crippen molar-refractivity contribution in [1.82, 2.24) is 0 Å². The molecule has 0 aliphatic rings. The number of benzene rings is 2. The van der Waals surface area contributed by atoms with E-state index in [1.165, 1.54) is 48.6 Å². The van der Waals surface area contributed by atoms with E-state index in [1.807, 2.05) is 0 Å². The third kappa shape index (κ3) is 4.01. The summed E-state index contributed by atoms with van der Waals surface area (Å²) in [5.41, 5.74) is 1.10. The molecule has 0 saturated heterocycles. The van der Waals surface area contributed by atoms with Gasteiger partial charge in [-0.25, -0.2) is 0 Å². The second-order valence-electron chi connectivity index (χ2n) is 4.89. The van der Waals surface area contributed by atoms with Gasteiger partial charge in [-0.1, -0.05) is 12.1 Å². The number of nitrogens with one attached hydrogen (secondary N) is 1. The summed E-state index contributed by atoms with van der Waals surface area (Å²) in [6, 6.07) is 10.1. The van der Waals surface area contributed by atoms with Gasteiger partial charge in [-0.3, -0.25) is 25.0 Å². The second-order valence-corrected chi connectivity index (χ2v) is 4.89. The van der Waals surface area contributed by atoms with E-state index in [1.54, 1.807) is 13.0 Å². The van der Waals surface area contributed by atoms with Gasteiger partial charge in [0, 0.05) is 30.0 Å². The van der Waals surface area contributed by atoms with Crippen molar-refractivity contribution < 1.29 is 14.6 Å². The van der Waals surface area contributed by atoms with E-state index < -0.39 is 15.8 Å². The molecule has 0 spiro atoms. The number of aryl methyl sites for hydroxylation is 1. The number of rotatable bonds is 5. The van der Waals surface area contributed by atoms with Crippen molar-refractivity contribution in [2.75, 3.05) is 5.32 Å². The van der Waals surface area contributed by atoms with Gasteiger partial charge in [0.1, 0.15) is 0 Å². The topological polar surface area (TPSA) is 115 Å². The van der Waals surface area contributed by atoms with Gasteiger partial charge in [-0.05, 0) is 30.7 Å². The van der Waals surface area contributed by atoms with Crippen LogP contribution >= 0.6 is 0 Å². The van der Waals surface area contributed by atoms with Gasteiger partial charge in [0.25, 0.3) is 11.4 Å². The Kier molecular flexibility index (Phi) is 5.00. The lowest BCUT2D eigenvalue weighted by molar-refractivity contribution is -0.385. The van der Waals surface area contributed by atoms with Gasteiger partial charge in [0.05, 0.1) is 15.4 Å². The maximum atomic E-state index is 11.9. The minimum atomic E-state index is -0.530. The summed E-state index contributed by atoms with van der Waals surface area (Å²) in [5, 5.41) is 24.2. The molecule has 0 aliphatic heterocycles. The molecule has 24 heavy (non-hydrogen) atoms. The number of nitro groups is 2. The number of nitrogens with zero attached hydrogens (tertiary/aromatic N) is 2. The normalized spacial score (nSPS) is 10.5. The molecule has 0 aliphatic carbocycles. The molecule has 0 unspecified atom stereocenters. The number of hydrogen-bond acceptors (Lipinski definition) is 5. The van der Waals surface area contributed by atoms with Gasteiger partial charge in [0.2, 0.25) is 5.91 Å². The fraction of sp³-hybridized carbons (Fsp3) is 0.0625. The van der Waals surface area contributed by atoms with Crippen molar-refractivity contribution in [2.24, 2.45) is 0 Å². The smallest absolute Gasteiger partial charge is 0.276 e. The SMILES string of the molecule is Cc1cc([N+](=O)[O-])ccc1NC(=O)/C=C/c1ccccc1[N+](=O)[O-]. The van der Waals surface area contributed by atoms with E-state index in [0.29, 0.717) is 16.8 Å². The summed E-state index contributed by atoms with van der Waals surface area (Å²) in [4.78, 5) is 32.5. The van der Waals surface area contributed by atoms with Gasteiger partial charge >= 0.3 is 0 Å². The van der Waals surface area contributed by atoms with Crippen molar-refractivity contribution in [2.45, 2.75) is 6.92 Å². The predicted molar refractivity (Wildman–Crippen MR) is 88.6 cm³/mol. The van der Waals surface area contributed by atoms with E-state index >= 15 is 0 Å². The molecule has 0 fully saturated rings. The van der Waals surface area contributed by atoms with Crippen molar-refractivity contribution >= 4 is 29.0 Å². The second kappa shape index (κ2) is 7.14. The molecular formula is C16H13N3O5. The van der Waals surface area contributed by atoms with Gasteiger partial charge in [0.15, 0.2) is 0 Å². The Morgan fingerprint density at radius 1 is 1.08 bits per heavy atom. The first-order valence-corrected chi connectivity index (χ1v) is 6.86. The lowest BCUT2D eigenvalue weighted by Crippen LogP contribution is -2.09. The quantitative estimate of drug-likeness (QED) is 0.513. The Labute approximate surface area is 136 Å².